The van der Waals surface area contributed by atoms with Gasteiger partial charge in [0.25, 0.3) is 0 Å². The molecule has 0 bridgehead atoms. The highest BCUT2D eigenvalue weighted by Gasteiger charge is 2.21. The molecule has 0 aliphatic carbocycles. The van der Waals surface area contributed by atoms with Crippen molar-refractivity contribution in [2.24, 2.45) is 11.5 Å². The van der Waals surface area contributed by atoms with Gasteiger partial charge in [0.1, 0.15) is 6.04 Å². The van der Waals surface area contributed by atoms with Gasteiger partial charge in [-0.3, -0.25) is 9.69 Å². The summed E-state index contributed by atoms with van der Waals surface area (Å²) >= 11 is 0. The smallest absolute Gasteiger partial charge is 0.321 e. The van der Waals surface area contributed by atoms with E-state index in [0.29, 0.717) is 6.61 Å². The van der Waals surface area contributed by atoms with Gasteiger partial charge >= 0.3 is 6.03 Å². The number of likely N-dealkylation sites (N-methyl/N-ethyl adjacent to an activating group) is 1. The molecule has 0 saturated carbocycles. The lowest BCUT2D eigenvalue weighted by Gasteiger charge is -2.17. The lowest BCUT2D eigenvalue weighted by molar-refractivity contribution is -0.130. The van der Waals surface area contributed by atoms with Crippen LogP contribution in [0.4, 0.5) is 4.79 Å². The van der Waals surface area contributed by atoms with E-state index in [0.717, 1.165) is 10.5 Å². The third-order valence-corrected chi connectivity index (χ3v) is 2.39. The fourth-order valence-electron chi connectivity index (χ4n) is 1.31. The van der Waals surface area contributed by atoms with Gasteiger partial charge in [0.05, 0.1) is 13.2 Å². The number of imide groups is 1. The Morgan fingerprint density at radius 1 is 1.33 bits per heavy atom. The normalized spacial score (nSPS) is 11.9. The molecule has 0 spiro atoms. The van der Waals surface area contributed by atoms with Crippen LogP contribution in [0.1, 0.15) is 5.56 Å². The average molecular weight is 251 g/mol. The third-order valence-electron chi connectivity index (χ3n) is 2.39. The molecule has 0 saturated heterocycles. The second kappa shape index (κ2) is 6.73. The number of carbonyl (C=O) groups is 2. The molecule has 0 unspecified atom stereocenters. The van der Waals surface area contributed by atoms with Gasteiger partial charge in [-0.05, 0) is 5.56 Å². The minimum Gasteiger partial charge on any atom is -0.375 e. The molecule has 1 rings (SSSR count). The SMILES string of the molecule is CN(C(N)=O)C(=O)[C@H](N)COCc1ccccc1. The van der Waals surface area contributed by atoms with E-state index in [1.807, 2.05) is 30.3 Å². The van der Waals surface area contributed by atoms with Crippen molar-refractivity contribution in [3.8, 4) is 0 Å². The van der Waals surface area contributed by atoms with Crippen molar-refractivity contribution >= 4 is 11.9 Å². The van der Waals surface area contributed by atoms with Crippen LogP contribution in [0, 0.1) is 0 Å². The van der Waals surface area contributed by atoms with Crippen LogP contribution >= 0.6 is 0 Å². The van der Waals surface area contributed by atoms with E-state index in [-0.39, 0.29) is 6.61 Å². The van der Waals surface area contributed by atoms with Gasteiger partial charge in [-0.2, -0.15) is 0 Å². The zero-order valence-electron chi connectivity index (χ0n) is 10.2. The first kappa shape index (κ1) is 14.1. The van der Waals surface area contributed by atoms with E-state index in [9.17, 15) is 9.59 Å². The molecule has 6 heteroatoms. The van der Waals surface area contributed by atoms with Crippen LogP contribution in [-0.4, -0.2) is 36.5 Å². The average Bonchev–Trinajstić information content (AvgIpc) is 2.38. The number of carbonyl (C=O) groups excluding carboxylic acids is 2. The summed E-state index contributed by atoms with van der Waals surface area (Å²) in [7, 11) is 1.28. The Labute approximate surface area is 105 Å². The number of hydrogen-bond donors (Lipinski definition) is 2. The largest absolute Gasteiger partial charge is 0.375 e. The highest BCUT2D eigenvalue weighted by molar-refractivity contribution is 5.96. The van der Waals surface area contributed by atoms with Crippen LogP contribution < -0.4 is 11.5 Å². The molecule has 0 fully saturated rings. The molecule has 18 heavy (non-hydrogen) atoms. The van der Waals surface area contributed by atoms with Crippen LogP contribution in [0.2, 0.25) is 0 Å². The van der Waals surface area contributed by atoms with Gasteiger partial charge in [0.2, 0.25) is 5.91 Å². The third kappa shape index (κ3) is 4.15. The van der Waals surface area contributed by atoms with Crippen molar-refractivity contribution in [1.29, 1.82) is 0 Å². The number of ether oxygens (including phenoxy) is 1. The summed E-state index contributed by atoms with van der Waals surface area (Å²) in [6, 6.07) is 7.77. The maximum absolute atomic E-state index is 11.5. The number of urea groups is 1. The summed E-state index contributed by atoms with van der Waals surface area (Å²) in [5, 5.41) is 0. The topological polar surface area (TPSA) is 98.7 Å². The molecule has 1 aromatic carbocycles. The molecule has 0 heterocycles. The second-order valence-corrected chi connectivity index (χ2v) is 3.84. The molecule has 0 aliphatic rings. The first-order valence-corrected chi connectivity index (χ1v) is 5.46. The Morgan fingerprint density at radius 2 is 1.94 bits per heavy atom. The summed E-state index contributed by atoms with van der Waals surface area (Å²) in [6.07, 6.45) is 0. The van der Waals surface area contributed by atoms with Crippen molar-refractivity contribution in [3.63, 3.8) is 0 Å². The minimum atomic E-state index is -0.897. The standard InChI is InChI=1S/C12H17N3O3/c1-15(12(14)17)11(16)10(13)8-18-7-9-5-3-2-4-6-9/h2-6,10H,7-8,13H2,1H3,(H2,14,17)/t10-/m1/s1. The molecule has 4 N–H and O–H groups in total. The van der Waals surface area contributed by atoms with Crippen molar-refractivity contribution in [2.45, 2.75) is 12.6 Å². The number of amides is 3. The fraction of sp³-hybridized carbons (Fsp3) is 0.333. The molecule has 0 aliphatic heterocycles. The van der Waals surface area contributed by atoms with Crippen LogP contribution in [0.3, 0.4) is 0 Å². The van der Waals surface area contributed by atoms with Crippen LogP contribution in [0.25, 0.3) is 0 Å². The Morgan fingerprint density at radius 3 is 2.50 bits per heavy atom. The zero-order chi connectivity index (χ0) is 13.5. The highest BCUT2D eigenvalue weighted by atomic mass is 16.5. The van der Waals surface area contributed by atoms with Crippen LogP contribution in [0.15, 0.2) is 30.3 Å². The predicted octanol–water partition coefficient (Wildman–Crippen LogP) is 0.0676. The molecule has 3 amide bonds. The number of nitrogens with two attached hydrogens (primary N) is 2. The first-order valence-electron chi connectivity index (χ1n) is 5.46. The Kier molecular flexibility index (Phi) is 5.29. The second-order valence-electron chi connectivity index (χ2n) is 3.84. The van der Waals surface area contributed by atoms with Crippen molar-refractivity contribution in [3.05, 3.63) is 35.9 Å². The highest BCUT2D eigenvalue weighted by Crippen LogP contribution is 2.01. The van der Waals surface area contributed by atoms with Gasteiger partial charge in [0, 0.05) is 7.05 Å². The lowest BCUT2D eigenvalue weighted by atomic mass is 10.2. The van der Waals surface area contributed by atoms with E-state index in [2.05, 4.69) is 0 Å². The van der Waals surface area contributed by atoms with Gasteiger partial charge in [0.15, 0.2) is 0 Å². The van der Waals surface area contributed by atoms with Crippen molar-refractivity contribution in [2.75, 3.05) is 13.7 Å². The molecule has 0 radical (unpaired) electrons. The van der Waals surface area contributed by atoms with E-state index in [4.69, 9.17) is 16.2 Å². The molecule has 6 nitrogen and oxygen atoms in total. The summed E-state index contributed by atoms with van der Waals surface area (Å²) in [5.41, 5.74) is 11.5. The van der Waals surface area contributed by atoms with E-state index >= 15 is 0 Å². The van der Waals surface area contributed by atoms with Crippen molar-refractivity contribution in [1.82, 2.24) is 4.90 Å². The lowest BCUT2D eigenvalue weighted by Crippen LogP contribution is -2.48. The zero-order valence-corrected chi connectivity index (χ0v) is 10.2. The van der Waals surface area contributed by atoms with E-state index in [1.165, 1.54) is 7.05 Å². The van der Waals surface area contributed by atoms with Crippen LogP contribution in [0.5, 0.6) is 0 Å². The fourth-order valence-corrected chi connectivity index (χ4v) is 1.31. The predicted molar refractivity (Wildman–Crippen MR) is 66.4 cm³/mol. The molecule has 1 aromatic rings. The monoisotopic (exact) mass is 251 g/mol. The molecule has 0 aromatic heterocycles. The Bertz CT molecular complexity index is 408. The van der Waals surface area contributed by atoms with E-state index in [1.54, 1.807) is 0 Å². The maximum atomic E-state index is 11.5. The number of primary amides is 1. The quantitative estimate of drug-likeness (QED) is 0.773. The molecule has 98 valence electrons. The van der Waals surface area contributed by atoms with E-state index < -0.39 is 18.0 Å². The maximum Gasteiger partial charge on any atom is 0.321 e. The molecular formula is C12H17N3O3. The summed E-state index contributed by atoms with van der Waals surface area (Å²) in [6.45, 7) is 0.396. The molecule has 1 atom stereocenters. The molecular weight excluding hydrogens is 234 g/mol. The Hall–Kier alpha value is -1.92. The number of benzene rings is 1. The van der Waals surface area contributed by atoms with Crippen molar-refractivity contribution < 1.29 is 14.3 Å². The van der Waals surface area contributed by atoms with Gasteiger partial charge in [-0.25, -0.2) is 4.79 Å². The summed E-state index contributed by atoms with van der Waals surface area (Å²) < 4.78 is 5.31. The minimum absolute atomic E-state index is 0.0331. The first-order chi connectivity index (χ1) is 8.52. The summed E-state index contributed by atoms with van der Waals surface area (Å²) in [4.78, 5) is 23.1. The van der Waals surface area contributed by atoms with Gasteiger partial charge < -0.3 is 16.2 Å². The number of hydrogen-bond acceptors (Lipinski definition) is 4. The Balaban J connectivity index is 2.35. The van der Waals surface area contributed by atoms with Gasteiger partial charge in [-0.1, -0.05) is 30.3 Å². The summed E-state index contributed by atoms with van der Waals surface area (Å²) in [5.74, 6) is -0.560. The number of rotatable bonds is 5. The van der Waals surface area contributed by atoms with Crippen LogP contribution in [-0.2, 0) is 16.1 Å². The number of nitrogens with zero attached hydrogens (tertiary/aromatic N) is 1. The van der Waals surface area contributed by atoms with Gasteiger partial charge in [-0.15, -0.1) is 0 Å².